The van der Waals surface area contributed by atoms with Gasteiger partial charge in [-0.2, -0.15) is 0 Å². The van der Waals surface area contributed by atoms with Crippen LogP contribution in [0.2, 0.25) is 0 Å². The molecule has 1 aromatic heterocycles. The molecule has 9 aromatic carbocycles. The van der Waals surface area contributed by atoms with E-state index in [1.807, 2.05) is 0 Å². The quantitative estimate of drug-likeness (QED) is 0.169. The highest BCUT2D eigenvalue weighted by Gasteiger charge is 2.42. The fourth-order valence-electron chi connectivity index (χ4n) is 11.1. The lowest BCUT2D eigenvalue weighted by Crippen LogP contribution is -2.24. The summed E-state index contributed by atoms with van der Waals surface area (Å²) in [5, 5.41) is 4.98. The number of nitrogens with zero attached hydrogens (tertiary/aromatic N) is 2. The molecule has 0 radical (unpaired) electrons. The lowest BCUT2D eigenvalue weighted by atomic mass is 9.80. The van der Waals surface area contributed by atoms with Gasteiger partial charge in [0.15, 0.2) is 0 Å². The number of hydrogen-bond acceptors (Lipinski definition) is 1. The van der Waals surface area contributed by atoms with E-state index in [4.69, 9.17) is 0 Å². The molecule has 0 unspecified atom stereocenters. The molecule has 2 heteroatoms. The molecule has 0 spiro atoms. The highest BCUT2D eigenvalue weighted by atomic mass is 15.2. The summed E-state index contributed by atoms with van der Waals surface area (Å²) in [5.41, 5.74) is 19.9. The van der Waals surface area contributed by atoms with Gasteiger partial charge in [-0.3, -0.25) is 0 Å². The number of para-hydroxylation sites is 2. The molecule has 0 bridgehead atoms. The monoisotopic (exact) mass is 768 g/mol. The number of hydrogen-bond donors (Lipinski definition) is 0. The summed E-state index contributed by atoms with van der Waals surface area (Å²) in [7, 11) is 0. The van der Waals surface area contributed by atoms with Gasteiger partial charge in [0.25, 0.3) is 0 Å². The second-order valence-corrected chi connectivity index (χ2v) is 17.7. The van der Waals surface area contributed by atoms with Crippen LogP contribution in [0.3, 0.4) is 0 Å². The van der Waals surface area contributed by atoms with Gasteiger partial charge in [-0.25, -0.2) is 0 Å². The van der Waals surface area contributed by atoms with Crippen LogP contribution in [0.15, 0.2) is 194 Å². The zero-order valence-electron chi connectivity index (χ0n) is 34.4. The van der Waals surface area contributed by atoms with Crippen LogP contribution >= 0.6 is 0 Å². The first-order chi connectivity index (χ1) is 29.3. The average Bonchev–Trinajstić information content (AvgIpc) is 3.84. The molecule has 1 heterocycles. The molecule has 0 N–H and O–H groups in total. The van der Waals surface area contributed by atoms with Crippen LogP contribution in [-0.2, 0) is 10.8 Å². The lowest BCUT2D eigenvalue weighted by Gasteiger charge is -2.35. The second kappa shape index (κ2) is 12.7. The van der Waals surface area contributed by atoms with E-state index in [0.29, 0.717) is 0 Å². The first-order valence-electron chi connectivity index (χ1n) is 21.2. The Labute approximate surface area is 351 Å². The van der Waals surface area contributed by atoms with E-state index in [-0.39, 0.29) is 10.8 Å². The zero-order chi connectivity index (χ0) is 40.3. The maximum absolute atomic E-state index is 2.58. The minimum Gasteiger partial charge on any atom is -0.310 e. The van der Waals surface area contributed by atoms with Gasteiger partial charge in [-0.15, -0.1) is 0 Å². The fourth-order valence-corrected chi connectivity index (χ4v) is 11.1. The van der Waals surface area contributed by atoms with Crippen LogP contribution in [0.4, 0.5) is 17.1 Å². The highest BCUT2D eigenvalue weighted by molar-refractivity contribution is 6.10. The third kappa shape index (κ3) is 4.82. The van der Waals surface area contributed by atoms with E-state index in [9.17, 15) is 0 Å². The van der Waals surface area contributed by atoms with E-state index in [1.165, 1.54) is 99.6 Å². The fraction of sp³-hybridized carbons (Fsp3) is 0.103. The van der Waals surface area contributed by atoms with Gasteiger partial charge in [0.1, 0.15) is 0 Å². The number of aromatic nitrogens is 1. The van der Waals surface area contributed by atoms with Crippen molar-refractivity contribution in [2.45, 2.75) is 38.5 Å². The van der Waals surface area contributed by atoms with E-state index in [0.717, 1.165) is 11.4 Å². The van der Waals surface area contributed by atoms with E-state index < -0.39 is 0 Å². The van der Waals surface area contributed by atoms with E-state index >= 15 is 0 Å². The topological polar surface area (TPSA) is 8.17 Å². The molecule has 60 heavy (non-hydrogen) atoms. The van der Waals surface area contributed by atoms with Gasteiger partial charge in [0.05, 0.1) is 22.4 Å². The van der Waals surface area contributed by atoms with Crippen molar-refractivity contribution in [2.24, 2.45) is 0 Å². The lowest BCUT2D eigenvalue weighted by molar-refractivity contribution is 0.656. The maximum Gasteiger partial charge on any atom is 0.0541 e. The molecule has 286 valence electrons. The molecule has 2 nitrogen and oxygen atoms in total. The summed E-state index contributed by atoms with van der Waals surface area (Å²) in [6.45, 7) is 9.60. The largest absolute Gasteiger partial charge is 0.310 e. The molecular weight excluding hydrogens is 725 g/mol. The summed E-state index contributed by atoms with van der Waals surface area (Å²) >= 11 is 0. The van der Waals surface area contributed by atoms with Crippen molar-refractivity contribution in [3.05, 3.63) is 216 Å². The van der Waals surface area contributed by atoms with Crippen LogP contribution in [0.5, 0.6) is 0 Å². The summed E-state index contributed by atoms with van der Waals surface area (Å²) in [4.78, 5) is 2.58. The summed E-state index contributed by atoms with van der Waals surface area (Å²) in [6.07, 6.45) is 0. The van der Waals surface area contributed by atoms with Gasteiger partial charge in [0.2, 0.25) is 0 Å². The van der Waals surface area contributed by atoms with Crippen molar-refractivity contribution in [1.82, 2.24) is 4.57 Å². The Balaban J connectivity index is 1.12. The van der Waals surface area contributed by atoms with Crippen molar-refractivity contribution in [3.63, 3.8) is 0 Å². The third-order valence-corrected chi connectivity index (χ3v) is 13.7. The van der Waals surface area contributed by atoms with Gasteiger partial charge in [0, 0.05) is 33.0 Å². The van der Waals surface area contributed by atoms with Crippen LogP contribution in [0.1, 0.15) is 49.9 Å². The summed E-state index contributed by atoms with van der Waals surface area (Å²) < 4.78 is 2.44. The molecule has 0 amide bonds. The average molecular weight is 769 g/mol. The van der Waals surface area contributed by atoms with Gasteiger partial charge in [-0.05, 0) is 115 Å². The second-order valence-electron chi connectivity index (χ2n) is 17.7. The van der Waals surface area contributed by atoms with E-state index in [2.05, 4.69) is 231 Å². The Kier molecular flexibility index (Phi) is 7.36. The van der Waals surface area contributed by atoms with Crippen molar-refractivity contribution in [3.8, 4) is 39.1 Å². The molecule has 2 aliphatic rings. The molecular formula is C58H44N2. The zero-order valence-corrected chi connectivity index (χ0v) is 34.4. The SMILES string of the molecule is CC1(C)c2ccccc2-c2cccc(N(c3cccc(-c4cc(-n5c6ccccc6c6ccccc65)cc5ccccc45)c3)c3cccc4c3C(C)(C)c3ccccc3-4)c21. The first kappa shape index (κ1) is 34.8. The summed E-state index contributed by atoms with van der Waals surface area (Å²) in [5.74, 6) is 0. The first-order valence-corrected chi connectivity index (χ1v) is 21.2. The number of anilines is 3. The highest BCUT2D eigenvalue weighted by Crippen LogP contribution is 2.58. The maximum atomic E-state index is 2.58. The predicted octanol–water partition coefficient (Wildman–Crippen LogP) is 15.7. The van der Waals surface area contributed by atoms with Gasteiger partial charge < -0.3 is 9.47 Å². The Morgan fingerprint density at radius 3 is 1.47 bits per heavy atom. The van der Waals surface area contributed by atoms with Crippen LogP contribution < -0.4 is 4.90 Å². The molecule has 12 rings (SSSR count). The number of rotatable bonds is 5. The molecule has 0 fully saturated rings. The smallest absolute Gasteiger partial charge is 0.0541 e. The number of benzene rings is 9. The molecule has 10 aromatic rings. The molecule has 0 saturated carbocycles. The predicted molar refractivity (Wildman–Crippen MR) is 254 cm³/mol. The van der Waals surface area contributed by atoms with Crippen molar-refractivity contribution in [1.29, 1.82) is 0 Å². The van der Waals surface area contributed by atoms with Crippen molar-refractivity contribution in [2.75, 3.05) is 4.90 Å². The molecule has 0 saturated heterocycles. The minimum absolute atomic E-state index is 0.207. The Hall–Kier alpha value is -7.16. The molecule has 0 aliphatic heterocycles. The van der Waals surface area contributed by atoms with Crippen LogP contribution in [-0.4, -0.2) is 4.57 Å². The van der Waals surface area contributed by atoms with Crippen molar-refractivity contribution >= 4 is 49.6 Å². The summed E-state index contributed by atoms with van der Waals surface area (Å²) in [6, 6.07) is 72.3. The number of fused-ring (bicyclic) bond motifs is 10. The van der Waals surface area contributed by atoms with Crippen LogP contribution in [0.25, 0.3) is 71.6 Å². The third-order valence-electron chi connectivity index (χ3n) is 13.7. The van der Waals surface area contributed by atoms with Gasteiger partial charge >= 0.3 is 0 Å². The van der Waals surface area contributed by atoms with Gasteiger partial charge in [-0.1, -0.05) is 173 Å². The van der Waals surface area contributed by atoms with Crippen molar-refractivity contribution < 1.29 is 0 Å². The Morgan fingerprint density at radius 2 is 0.867 bits per heavy atom. The van der Waals surface area contributed by atoms with E-state index in [1.54, 1.807) is 0 Å². The van der Waals surface area contributed by atoms with Crippen LogP contribution in [0, 0.1) is 0 Å². The standard InChI is InChI=1S/C58H44N2/c1-57(2)49-28-11-7-22-42(49)46-26-16-32-53(55(46)57)59(54-33-17-27-47-43-23-8-12-29-50(43)58(3,4)56(47)54)39-20-15-19-38(34-39)48-36-40(35-37-18-5-6-21-41(37)48)60-51-30-13-9-24-44(51)45-25-10-14-31-52(45)60/h5-36H,1-4H3. The Bertz CT molecular complexity index is 3230. The minimum atomic E-state index is -0.207. The molecule has 0 atom stereocenters. The normalized spacial score (nSPS) is 14.3. The molecule has 2 aliphatic carbocycles. The Morgan fingerprint density at radius 1 is 0.383 bits per heavy atom.